The minimum absolute atomic E-state index is 0.0220. The van der Waals surface area contributed by atoms with Crippen LogP contribution in [0.1, 0.15) is 15.9 Å². The molecule has 0 saturated heterocycles. The molecule has 78 valence electrons. The maximum absolute atomic E-state index is 13.4. The normalized spacial score (nSPS) is 9.27. The molecule has 0 aliphatic carbocycles. The summed E-state index contributed by atoms with van der Waals surface area (Å²) in [4.78, 5) is 10.4. The van der Waals surface area contributed by atoms with E-state index in [-0.39, 0.29) is 11.8 Å². The first kappa shape index (κ1) is 11.3. The predicted octanol–water partition coefficient (Wildman–Crippen LogP) is 1.35. The Hall–Kier alpha value is -1.73. The van der Waals surface area contributed by atoms with Gasteiger partial charge < -0.3 is 5.32 Å². The zero-order chi connectivity index (χ0) is 11.3. The molecule has 4 heteroatoms. The number of nitrogens with one attached hydrogen (secondary N) is 1. The summed E-state index contributed by atoms with van der Waals surface area (Å²) in [7, 11) is 1.70. The van der Waals surface area contributed by atoms with Gasteiger partial charge in [0.15, 0.2) is 12.1 Å². The Morgan fingerprint density at radius 1 is 1.47 bits per heavy atom. The second-order valence-electron chi connectivity index (χ2n) is 2.77. The fourth-order valence-corrected chi connectivity index (χ4v) is 1.00. The van der Waals surface area contributed by atoms with Gasteiger partial charge in [-0.15, -0.1) is 0 Å². The number of rotatable bonds is 2. The molecule has 1 aromatic rings. The molecule has 0 amide bonds. The smallest absolute Gasteiger partial charge is 0.156 e. The second kappa shape index (κ2) is 5.23. The molecule has 0 aromatic heterocycles. The number of hydrogen-bond acceptors (Lipinski definition) is 2. The van der Waals surface area contributed by atoms with Crippen LogP contribution in [0.2, 0.25) is 0 Å². The molecule has 1 N–H and O–H groups in total. The van der Waals surface area contributed by atoms with Gasteiger partial charge in [-0.2, -0.15) is 0 Å². The maximum Gasteiger partial charge on any atom is 0.156 e. The van der Waals surface area contributed by atoms with Crippen LogP contribution >= 0.6 is 0 Å². The molecule has 0 saturated carbocycles. The average Bonchev–Trinajstić information content (AvgIpc) is 2.22. The van der Waals surface area contributed by atoms with Crippen LogP contribution in [0.4, 0.5) is 8.78 Å². The molecular weight excluding hydrogens is 200 g/mol. The van der Waals surface area contributed by atoms with Crippen molar-refractivity contribution < 1.29 is 13.6 Å². The number of carbonyl (C=O) groups is 1. The van der Waals surface area contributed by atoms with Gasteiger partial charge in [0, 0.05) is 0 Å². The molecule has 0 spiro atoms. The summed E-state index contributed by atoms with van der Waals surface area (Å²) in [6.07, 6.45) is 0.147. The maximum atomic E-state index is 13.4. The molecule has 0 unspecified atom stereocenters. The van der Waals surface area contributed by atoms with Crippen molar-refractivity contribution in [3.63, 3.8) is 0 Å². The van der Waals surface area contributed by atoms with Gasteiger partial charge in [0.05, 0.1) is 17.7 Å². The van der Waals surface area contributed by atoms with Crippen molar-refractivity contribution in [1.29, 1.82) is 0 Å². The third-order valence-electron chi connectivity index (χ3n) is 1.73. The van der Waals surface area contributed by atoms with Crippen molar-refractivity contribution in [2.75, 3.05) is 13.6 Å². The lowest BCUT2D eigenvalue weighted by molar-refractivity contribution is 0.111. The molecule has 0 bridgehead atoms. The number of carbonyl (C=O) groups excluding carboxylic acids is 1. The molecular formula is C11H9F2NO. The van der Waals surface area contributed by atoms with Crippen molar-refractivity contribution >= 4 is 6.29 Å². The van der Waals surface area contributed by atoms with E-state index in [1.165, 1.54) is 6.07 Å². The van der Waals surface area contributed by atoms with Crippen molar-refractivity contribution in [3.8, 4) is 11.8 Å². The average molecular weight is 209 g/mol. The lowest BCUT2D eigenvalue weighted by Crippen LogP contribution is -2.04. The Kier molecular flexibility index (Phi) is 3.95. The van der Waals surface area contributed by atoms with E-state index in [4.69, 9.17) is 0 Å². The summed E-state index contributed by atoms with van der Waals surface area (Å²) in [5.41, 5.74) is -0.556. The fraction of sp³-hybridized carbons (Fsp3) is 0.182. The minimum atomic E-state index is -0.909. The van der Waals surface area contributed by atoms with Crippen LogP contribution in [-0.2, 0) is 0 Å². The van der Waals surface area contributed by atoms with Gasteiger partial charge in [-0.25, -0.2) is 8.78 Å². The largest absolute Gasteiger partial charge is 0.309 e. The van der Waals surface area contributed by atoms with E-state index in [1.807, 2.05) is 0 Å². The standard InChI is InChI=1S/C11H9F2NO/c1-14-6-2-3-8-4-5-10(12)9(7-15)11(8)13/h4-5,7,14H,6H2,1H3. The summed E-state index contributed by atoms with van der Waals surface area (Å²) in [6, 6.07) is 2.23. The molecule has 15 heavy (non-hydrogen) atoms. The number of aldehydes is 1. The quantitative estimate of drug-likeness (QED) is 0.588. The number of halogens is 2. The first-order chi connectivity index (χ1) is 7.20. The summed E-state index contributed by atoms with van der Waals surface area (Å²) >= 11 is 0. The molecule has 0 atom stereocenters. The van der Waals surface area contributed by atoms with Gasteiger partial charge in [0.2, 0.25) is 0 Å². The molecule has 0 aliphatic heterocycles. The van der Waals surface area contributed by atoms with Gasteiger partial charge >= 0.3 is 0 Å². The summed E-state index contributed by atoms with van der Waals surface area (Å²) in [5.74, 6) is 3.34. The lowest BCUT2D eigenvalue weighted by atomic mass is 10.1. The van der Waals surface area contributed by atoms with Gasteiger partial charge in [-0.1, -0.05) is 11.8 Å². The highest BCUT2D eigenvalue weighted by Crippen LogP contribution is 2.14. The van der Waals surface area contributed by atoms with Crippen molar-refractivity contribution in [2.24, 2.45) is 0 Å². The minimum Gasteiger partial charge on any atom is -0.309 e. The number of benzene rings is 1. The Bertz CT molecular complexity index is 432. The second-order valence-corrected chi connectivity index (χ2v) is 2.77. The summed E-state index contributed by atoms with van der Waals surface area (Å²) in [5, 5.41) is 2.76. The molecule has 2 nitrogen and oxygen atoms in total. The van der Waals surface area contributed by atoms with Gasteiger partial charge in [0.25, 0.3) is 0 Å². The van der Waals surface area contributed by atoms with Gasteiger partial charge in [-0.3, -0.25) is 4.79 Å². The van der Waals surface area contributed by atoms with Crippen molar-refractivity contribution in [1.82, 2.24) is 5.32 Å². The van der Waals surface area contributed by atoms with Crippen LogP contribution in [0.5, 0.6) is 0 Å². The first-order valence-corrected chi connectivity index (χ1v) is 4.27. The van der Waals surface area contributed by atoms with E-state index in [1.54, 1.807) is 7.05 Å². The van der Waals surface area contributed by atoms with E-state index in [0.29, 0.717) is 6.54 Å². The van der Waals surface area contributed by atoms with E-state index < -0.39 is 17.2 Å². The molecule has 1 aromatic carbocycles. The van der Waals surface area contributed by atoms with E-state index in [0.717, 1.165) is 6.07 Å². The van der Waals surface area contributed by atoms with Gasteiger partial charge in [-0.05, 0) is 19.2 Å². The lowest BCUT2D eigenvalue weighted by Gasteiger charge is -1.99. The summed E-state index contributed by atoms with van der Waals surface area (Å²) < 4.78 is 26.3. The van der Waals surface area contributed by atoms with Crippen LogP contribution in [0.15, 0.2) is 12.1 Å². The fourth-order valence-electron chi connectivity index (χ4n) is 1.00. The highest BCUT2D eigenvalue weighted by atomic mass is 19.1. The van der Waals surface area contributed by atoms with Crippen LogP contribution in [0.25, 0.3) is 0 Å². The molecule has 0 aliphatic rings. The predicted molar refractivity (Wildman–Crippen MR) is 52.6 cm³/mol. The Balaban J connectivity index is 3.12. The van der Waals surface area contributed by atoms with Crippen LogP contribution < -0.4 is 5.32 Å². The Labute approximate surface area is 86.3 Å². The zero-order valence-corrected chi connectivity index (χ0v) is 8.10. The number of hydrogen-bond donors (Lipinski definition) is 1. The van der Waals surface area contributed by atoms with Gasteiger partial charge in [0.1, 0.15) is 5.82 Å². The van der Waals surface area contributed by atoms with E-state index in [9.17, 15) is 13.6 Å². The van der Waals surface area contributed by atoms with Crippen LogP contribution in [-0.4, -0.2) is 19.9 Å². The molecule has 0 fully saturated rings. The Morgan fingerprint density at radius 3 is 2.80 bits per heavy atom. The van der Waals surface area contributed by atoms with Crippen LogP contribution in [0.3, 0.4) is 0 Å². The Morgan fingerprint density at radius 2 is 2.20 bits per heavy atom. The van der Waals surface area contributed by atoms with Crippen molar-refractivity contribution in [2.45, 2.75) is 0 Å². The topological polar surface area (TPSA) is 29.1 Å². The monoisotopic (exact) mass is 209 g/mol. The highest BCUT2D eigenvalue weighted by molar-refractivity contribution is 5.76. The third-order valence-corrected chi connectivity index (χ3v) is 1.73. The molecule has 0 radical (unpaired) electrons. The SMILES string of the molecule is CNCC#Cc1ccc(F)c(C=O)c1F. The molecule has 0 heterocycles. The summed E-state index contributed by atoms with van der Waals surface area (Å²) in [6.45, 7) is 0.396. The zero-order valence-electron chi connectivity index (χ0n) is 8.10. The highest BCUT2D eigenvalue weighted by Gasteiger charge is 2.10. The van der Waals surface area contributed by atoms with Crippen LogP contribution in [0, 0.1) is 23.5 Å². The molecule has 1 rings (SSSR count). The van der Waals surface area contributed by atoms with Crippen molar-refractivity contribution in [3.05, 3.63) is 34.9 Å². The van der Waals surface area contributed by atoms with E-state index in [2.05, 4.69) is 17.2 Å². The first-order valence-electron chi connectivity index (χ1n) is 4.27. The van der Waals surface area contributed by atoms with E-state index >= 15 is 0 Å². The third kappa shape index (κ3) is 2.61.